The average molecular weight is 214 g/mol. The van der Waals surface area contributed by atoms with Gasteiger partial charge in [-0.25, -0.2) is 0 Å². The molecule has 0 aliphatic heterocycles. The Hall–Kier alpha value is -1.91. The first-order chi connectivity index (χ1) is 7.86. The summed E-state index contributed by atoms with van der Waals surface area (Å²) in [7, 11) is 0. The number of hydrogen-bond donors (Lipinski definition) is 0. The van der Waals surface area contributed by atoms with Crippen LogP contribution in [0.25, 0.3) is 0 Å². The van der Waals surface area contributed by atoms with Crippen LogP contribution in [0.3, 0.4) is 0 Å². The molecule has 0 saturated heterocycles. The first-order valence-electron chi connectivity index (χ1n) is 5.23. The zero-order valence-corrected chi connectivity index (χ0v) is 9.13. The number of pyridine rings is 1. The van der Waals surface area contributed by atoms with Gasteiger partial charge in [-0.05, 0) is 12.1 Å². The molecule has 0 aliphatic rings. The highest BCUT2D eigenvalue weighted by atomic mass is 15.1. The van der Waals surface area contributed by atoms with Crippen LogP contribution in [0, 0.1) is 22.7 Å². The third-order valence-electron chi connectivity index (χ3n) is 2.19. The summed E-state index contributed by atoms with van der Waals surface area (Å²) in [5.74, 6) is 0. The fourth-order valence-corrected chi connectivity index (χ4v) is 1.41. The van der Waals surface area contributed by atoms with Crippen LogP contribution in [0.5, 0.6) is 0 Å². The third kappa shape index (κ3) is 4.54. The maximum atomic E-state index is 8.55. The van der Waals surface area contributed by atoms with Crippen LogP contribution in [0.15, 0.2) is 24.4 Å². The standard InChI is InChI=1S/C12H14N4/c13-6-3-9-16(10-4-7-14)11-12-5-1-2-8-15-12/h1-2,5,8H,3-4,9-11H2. The van der Waals surface area contributed by atoms with Gasteiger partial charge in [0, 0.05) is 38.7 Å². The van der Waals surface area contributed by atoms with Crippen molar-refractivity contribution in [3.05, 3.63) is 30.1 Å². The second-order valence-electron chi connectivity index (χ2n) is 3.41. The Morgan fingerprint density at radius 3 is 2.31 bits per heavy atom. The molecule has 0 bridgehead atoms. The van der Waals surface area contributed by atoms with Crippen molar-refractivity contribution in [1.29, 1.82) is 10.5 Å². The van der Waals surface area contributed by atoms with Gasteiger partial charge in [-0.3, -0.25) is 9.88 Å². The van der Waals surface area contributed by atoms with Crippen molar-refractivity contribution in [2.45, 2.75) is 19.4 Å². The van der Waals surface area contributed by atoms with Crippen molar-refractivity contribution in [1.82, 2.24) is 9.88 Å². The molecule has 0 amide bonds. The molecule has 1 rings (SSSR count). The Labute approximate surface area is 95.8 Å². The van der Waals surface area contributed by atoms with Crippen molar-refractivity contribution in [3.8, 4) is 12.1 Å². The number of rotatable bonds is 6. The first kappa shape index (κ1) is 12.2. The maximum absolute atomic E-state index is 8.55. The molecule has 0 N–H and O–H groups in total. The number of hydrogen-bond acceptors (Lipinski definition) is 4. The van der Waals surface area contributed by atoms with Crippen LogP contribution < -0.4 is 0 Å². The quantitative estimate of drug-likeness (QED) is 0.723. The normalized spacial score (nSPS) is 9.69. The van der Waals surface area contributed by atoms with E-state index in [0.717, 1.165) is 5.69 Å². The second kappa shape index (κ2) is 7.39. The third-order valence-corrected chi connectivity index (χ3v) is 2.19. The monoisotopic (exact) mass is 214 g/mol. The molecule has 16 heavy (non-hydrogen) atoms. The van der Waals surface area contributed by atoms with Gasteiger partial charge in [-0.2, -0.15) is 10.5 Å². The largest absolute Gasteiger partial charge is 0.295 e. The predicted octanol–water partition coefficient (Wildman–Crippen LogP) is 1.71. The average Bonchev–Trinajstić information content (AvgIpc) is 2.34. The van der Waals surface area contributed by atoms with Gasteiger partial charge in [-0.1, -0.05) is 6.07 Å². The topological polar surface area (TPSA) is 63.7 Å². The number of aromatic nitrogens is 1. The van der Waals surface area contributed by atoms with Crippen molar-refractivity contribution < 1.29 is 0 Å². The van der Waals surface area contributed by atoms with Gasteiger partial charge in [0.05, 0.1) is 17.8 Å². The van der Waals surface area contributed by atoms with E-state index in [1.807, 2.05) is 18.2 Å². The summed E-state index contributed by atoms with van der Waals surface area (Å²) in [6, 6.07) is 9.99. The van der Waals surface area contributed by atoms with E-state index in [-0.39, 0.29) is 0 Å². The molecule has 82 valence electrons. The number of nitriles is 2. The summed E-state index contributed by atoms with van der Waals surface area (Å²) in [5.41, 5.74) is 0.971. The van der Waals surface area contributed by atoms with E-state index in [1.165, 1.54) is 0 Å². The Balaban J connectivity index is 2.50. The van der Waals surface area contributed by atoms with E-state index in [4.69, 9.17) is 10.5 Å². The zero-order valence-electron chi connectivity index (χ0n) is 9.13. The molecule has 0 radical (unpaired) electrons. The minimum atomic E-state index is 0.484. The molecule has 0 unspecified atom stereocenters. The van der Waals surface area contributed by atoms with Crippen molar-refractivity contribution >= 4 is 0 Å². The van der Waals surface area contributed by atoms with Crippen LogP contribution in [-0.4, -0.2) is 23.0 Å². The molecule has 1 aromatic heterocycles. The van der Waals surface area contributed by atoms with Crippen LogP contribution in [0.2, 0.25) is 0 Å². The summed E-state index contributed by atoms with van der Waals surface area (Å²) in [6.07, 6.45) is 2.72. The van der Waals surface area contributed by atoms with Gasteiger partial charge in [0.15, 0.2) is 0 Å². The van der Waals surface area contributed by atoms with Crippen LogP contribution in [0.1, 0.15) is 18.5 Å². The van der Waals surface area contributed by atoms with Crippen LogP contribution >= 0.6 is 0 Å². The summed E-state index contributed by atoms with van der Waals surface area (Å²) in [5, 5.41) is 17.1. The second-order valence-corrected chi connectivity index (χ2v) is 3.41. The maximum Gasteiger partial charge on any atom is 0.0635 e. The molecule has 0 fully saturated rings. The van der Waals surface area contributed by atoms with Crippen molar-refractivity contribution in [2.75, 3.05) is 13.1 Å². The molecule has 1 aromatic rings. The smallest absolute Gasteiger partial charge is 0.0635 e. The van der Waals surface area contributed by atoms with Gasteiger partial charge in [0.25, 0.3) is 0 Å². The molecular formula is C12H14N4. The zero-order chi connectivity index (χ0) is 11.6. The molecule has 0 aliphatic carbocycles. The van der Waals surface area contributed by atoms with Crippen LogP contribution in [-0.2, 0) is 6.54 Å². The van der Waals surface area contributed by atoms with Gasteiger partial charge < -0.3 is 0 Å². The molecular weight excluding hydrogens is 200 g/mol. The molecule has 4 heteroatoms. The lowest BCUT2D eigenvalue weighted by Gasteiger charge is -2.18. The summed E-state index contributed by atoms with van der Waals surface area (Å²) < 4.78 is 0. The Bertz CT molecular complexity index is 356. The lowest BCUT2D eigenvalue weighted by Crippen LogP contribution is -2.25. The van der Waals surface area contributed by atoms with Crippen molar-refractivity contribution in [3.63, 3.8) is 0 Å². The molecule has 0 saturated carbocycles. The lowest BCUT2D eigenvalue weighted by atomic mass is 10.3. The van der Waals surface area contributed by atoms with Gasteiger partial charge in [0.1, 0.15) is 0 Å². The molecule has 1 heterocycles. The SMILES string of the molecule is N#CCCN(CCC#N)Cc1ccccn1. The van der Waals surface area contributed by atoms with Crippen molar-refractivity contribution in [2.24, 2.45) is 0 Å². The molecule has 0 spiro atoms. The van der Waals surface area contributed by atoms with E-state index in [0.29, 0.717) is 32.5 Å². The summed E-state index contributed by atoms with van der Waals surface area (Å²) >= 11 is 0. The Kier molecular flexibility index (Phi) is 5.62. The molecule has 4 nitrogen and oxygen atoms in total. The molecule has 0 atom stereocenters. The van der Waals surface area contributed by atoms with Gasteiger partial charge in [-0.15, -0.1) is 0 Å². The van der Waals surface area contributed by atoms with Gasteiger partial charge >= 0.3 is 0 Å². The van der Waals surface area contributed by atoms with Crippen LogP contribution in [0.4, 0.5) is 0 Å². The lowest BCUT2D eigenvalue weighted by molar-refractivity contribution is 0.275. The molecule has 0 aromatic carbocycles. The highest BCUT2D eigenvalue weighted by Gasteiger charge is 2.05. The fourth-order valence-electron chi connectivity index (χ4n) is 1.41. The fraction of sp³-hybridized carbons (Fsp3) is 0.417. The van der Waals surface area contributed by atoms with E-state index in [9.17, 15) is 0 Å². The van der Waals surface area contributed by atoms with Gasteiger partial charge in [0.2, 0.25) is 0 Å². The highest BCUT2D eigenvalue weighted by molar-refractivity contribution is 5.03. The van der Waals surface area contributed by atoms with E-state index in [1.54, 1.807) is 6.20 Å². The predicted molar refractivity (Wildman–Crippen MR) is 60.0 cm³/mol. The Morgan fingerprint density at radius 2 is 1.81 bits per heavy atom. The number of nitrogens with zero attached hydrogens (tertiary/aromatic N) is 4. The minimum absolute atomic E-state index is 0.484. The van der Waals surface area contributed by atoms with E-state index in [2.05, 4.69) is 22.0 Å². The summed E-state index contributed by atoms with van der Waals surface area (Å²) in [6.45, 7) is 2.08. The summed E-state index contributed by atoms with van der Waals surface area (Å²) in [4.78, 5) is 6.31. The van der Waals surface area contributed by atoms with E-state index < -0.39 is 0 Å². The minimum Gasteiger partial charge on any atom is -0.295 e. The first-order valence-corrected chi connectivity index (χ1v) is 5.23. The highest BCUT2D eigenvalue weighted by Crippen LogP contribution is 2.02. The van der Waals surface area contributed by atoms with E-state index >= 15 is 0 Å². The Morgan fingerprint density at radius 1 is 1.12 bits per heavy atom.